The summed E-state index contributed by atoms with van der Waals surface area (Å²) in [4.78, 5) is 0.0671. The van der Waals surface area contributed by atoms with Crippen LogP contribution >= 0.6 is 15.9 Å². The molecule has 5 nitrogen and oxygen atoms in total. The summed E-state index contributed by atoms with van der Waals surface area (Å²) >= 11 is 3.14. The van der Waals surface area contributed by atoms with E-state index in [1.165, 1.54) is 32.4 Å². The maximum absolute atomic E-state index is 14.3. The van der Waals surface area contributed by atoms with Gasteiger partial charge in [0.2, 0.25) is 5.82 Å². The van der Waals surface area contributed by atoms with Crippen LogP contribution in [0.1, 0.15) is 5.56 Å². The molecule has 0 heterocycles. The largest absolute Gasteiger partial charge is 0.492 e. The molecule has 124 valence electrons. The maximum atomic E-state index is 14.3. The average molecular weight is 404 g/mol. The number of rotatable bonds is 5. The summed E-state index contributed by atoms with van der Waals surface area (Å²) < 4.78 is 51.6. The Morgan fingerprint density at radius 2 is 1.65 bits per heavy atom. The van der Waals surface area contributed by atoms with Crippen molar-refractivity contribution in [1.29, 1.82) is 0 Å². The molecule has 0 fully saturated rings. The van der Waals surface area contributed by atoms with Crippen LogP contribution in [0.3, 0.4) is 0 Å². The van der Waals surface area contributed by atoms with Crippen LogP contribution in [-0.2, 0) is 10.0 Å². The zero-order chi connectivity index (χ0) is 17.2. The van der Waals surface area contributed by atoms with Crippen LogP contribution in [0.2, 0.25) is 0 Å². The molecule has 2 aromatic carbocycles. The molecule has 0 amide bonds. The maximum Gasteiger partial charge on any atom is 0.262 e. The highest BCUT2D eigenvalue weighted by molar-refractivity contribution is 9.10. The van der Waals surface area contributed by atoms with E-state index in [1.54, 1.807) is 12.1 Å². The van der Waals surface area contributed by atoms with Crippen LogP contribution in [0.25, 0.3) is 0 Å². The van der Waals surface area contributed by atoms with Gasteiger partial charge in [-0.2, -0.15) is 4.39 Å². The fourth-order valence-corrected chi connectivity index (χ4v) is 3.59. The third-order valence-corrected chi connectivity index (χ3v) is 5.09. The number of ether oxygens (including phenoxy) is 2. The fraction of sp³-hybridized carbons (Fsp3) is 0.200. The van der Waals surface area contributed by atoms with Crippen molar-refractivity contribution in [2.45, 2.75) is 11.8 Å². The lowest BCUT2D eigenvalue weighted by atomic mass is 10.2. The van der Waals surface area contributed by atoms with Gasteiger partial charge in [0, 0.05) is 0 Å². The standard InChI is InChI=1S/C15H15BrFNO4S/c1-9-4-6-10(7-5-9)23(19,20)18-12-8-11(16)14(21-2)13(17)15(12)22-3/h4-8,18H,1-3H3. The topological polar surface area (TPSA) is 64.6 Å². The lowest BCUT2D eigenvalue weighted by Gasteiger charge is -2.15. The van der Waals surface area contributed by atoms with Gasteiger partial charge in [0.05, 0.1) is 29.3 Å². The second kappa shape index (κ2) is 6.76. The van der Waals surface area contributed by atoms with E-state index in [0.717, 1.165) is 5.56 Å². The monoisotopic (exact) mass is 403 g/mol. The number of nitrogens with one attached hydrogen (secondary N) is 1. The molecule has 0 unspecified atom stereocenters. The highest BCUT2D eigenvalue weighted by atomic mass is 79.9. The van der Waals surface area contributed by atoms with Gasteiger partial charge in [-0.1, -0.05) is 17.7 Å². The molecule has 23 heavy (non-hydrogen) atoms. The molecular formula is C15H15BrFNO4S. The number of methoxy groups -OCH3 is 2. The molecular weight excluding hydrogens is 389 g/mol. The number of aryl methyl sites for hydroxylation is 1. The van der Waals surface area contributed by atoms with Gasteiger partial charge in [-0.05, 0) is 41.1 Å². The smallest absolute Gasteiger partial charge is 0.262 e. The third-order valence-electron chi connectivity index (χ3n) is 3.12. The zero-order valence-corrected chi connectivity index (χ0v) is 15.1. The summed E-state index contributed by atoms with van der Waals surface area (Å²) in [6.07, 6.45) is 0. The second-order valence-electron chi connectivity index (χ2n) is 4.70. The van der Waals surface area contributed by atoms with E-state index >= 15 is 0 Å². The molecule has 0 atom stereocenters. The number of halogens is 2. The molecule has 8 heteroatoms. The van der Waals surface area contributed by atoms with Crippen molar-refractivity contribution >= 4 is 31.6 Å². The highest BCUT2D eigenvalue weighted by Crippen LogP contribution is 2.40. The van der Waals surface area contributed by atoms with Crippen molar-refractivity contribution in [3.63, 3.8) is 0 Å². The lowest BCUT2D eigenvalue weighted by molar-refractivity contribution is 0.350. The molecule has 0 aromatic heterocycles. The van der Waals surface area contributed by atoms with Gasteiger partial charge in [-0.3, -0.25) is 4.72 Å². The van der Waals surface area contributed by atoms with Crippen molar-refractivity contribution in [3.05, 3.63) is 46.2 Å². The first-order valence-electron chi connectivity index (χ1n) is 6.49. The van der Waals surface area contributed by atoms with E-state index in [1.807, 2.05) is 6.92 Å². The first-order valence-corrected chi connectivity index (χ1v) is 8.77. The Morgan fingerprint density at radius 3 is 2.17 bits per heavy atom. The molecule has 2 rings (SSSR count). The molecule has 0 aliphatic carbocycles. The summed E-state index contributed by atoms with van der Waals surface area (Å²) in [7, 11) is -1.32. The van der Waals surface area contributed by atoms with Gasteiger partial charge in [0.1, 0.15) is 0 Å². The number of hydrogen-bond donors (Lipinski definition) is 1. The second-order valence-corrected chi connectivity index (χ2v) is 7.24. The molecule has 0 aliphatic rings. The van der Waals surface area contributed by atoms with E-state index < -0.39 is 15.8 Å². The third kappa shape index (κ3) is 3.59. The Balaban J connectivity index is 2.49. The van der Waals surface area contributed by atoms with Gasteiger partial charge < -0.3 is 9.47 Å². The zero-order valence-electron chi connectivity index (χ0n) is 12.7. The number of anilines is 1. The van der Waals surface area contributed by atoms with E-state index in [4.69, 9.17) is 9.47 Å². The first-order chi connectivity index (χ1) is 10.8. The predicted octanol–water partition coefficient (Wildman–Crippen LogP) is 3.71. The molecule has 0 saturated heterocycles. The number of benzene rings is 2. The molecule has 0 bridgehead atoms. The molecule has 0 radical (unpaired) electrons. The predicted molar refractivity (Wildman–Crippen MR) is 89.2 cm³/mol. The van der Waals surface area contributed by atoms with Crippen LogP contribution < -0.4 is 14.2 Å². The summed E-state index contributed by atoms with van der Waals surface area (Å²) in [5.74, 6) is -1.12. The van der Waals surface area contributed by atoms with Crippen LogP contribution in [0, 0.1) is 12.7 Å². The first kappa shape index (κ1) is 17.6. The molecule has 0 spiro atoms. The van der Waals surface area contributed by atoms with E-state index in [2.05, 4.69) is 20.7 Å². The molecule has 0 saturated carbocycles. The van der Waals surface area contributed by atoms with Crippen LogP contribution in [0.4, 0.5) is 10.1 Å². The molecule has 1 N–H and O–H groups in total. The van der Waals surface area contributed by atoms with E-state index in [9.17, 15) is 12.8 Å². The van der Waals surface area contributed by atoms with Crippen molar-refractivity contribution in [2.24, 2.45) is 0 Å². The van der Waals surface area contributed by atoms with Crippen LogP contribution in [0.15, 0.2) is 39.7 Å². The average Bonchev–Trinajstić information content (AvgIpc) is 2.47. The Morgan fingerprint density at radius 1 is 1.09 bits per heavy atom. The minimum atomic E-state index is -3.87. The van der Waals surface area contributed by atoms with Gasteiger partial charge in [0.25, 0.3) is 10.0 Å². The Hall–Kier alpha value is -1.80. The van der Waals surface area contributed by atoms with Crippen molar-refractivity contribution in [1.82, 2.24) is 0 Å². The molecule has 2 aromatic rings. The van der Waals surface area contributed by atoms with Gasteiger partial charge in [-0.15, -0.1) is 0 Å². The summed E-state index contributed by atoms with van der Waals surface area (Å²) in [6.45, 7) is 1.85. The Bertz CT molecular complexity index is 822. The Labute approximate surface area is 142 Å². The summed E-state index contributed by atoms with van der Waals surface area (Å²) in [5.41, 5.74) is 0.901. The normalized spacial score (nSPS) is 11.2. The van der Waals surface area contributed by atoms with Gasteiger partial charge in [0.15, 0.2) is 11.5 Å². The number of hydrogen-bond acceptors (Lipinski definition) is 4. The van der Waals surface area contributed by atoms with Crippen LogP contribution in [0.5, 0.6) is 11.5 Å². The Kier molecular flexibility index (Phi) is 5.16. The van der Waals surface area contributed by atoms with Gasteiger partial charge >= 0.3 is 0 Å². The quantitative estimate of drug-likeness (QED) is 0.825. The van der Waals surface area contributed by atoms with E-state index in [0.29, 0.717) is 0 Å². The van der Waals surface area contributed by atoms with Crippen molar-refractivity contribution < 1.29 is 22.3 Å². The van der Waals surface area contributed by atoms with E-state index in [-0.39, 0.29) is 26.6 Å². The minimum Gasteiger partial charge on any atom is -0.492 e. The lowest BCUT2D eigenvalue weighted by Crippen LogP contribution is -2.14. The van der Waals surface area contributed by atoms with Gasteiger partial charge in [-0.25, -0.2) is 8.42 Å². The number of sulfonamides is 1. The van der Waals surface area contributed by atoms with Crippen LogP contribution in [-0.4, -0.2) is 22.6 Å². The minimum absolute atomic E-state index is 0.0294. The van der Waals surface area contributed by atoms with Crippen molar-refractivity contribution in [2.75, 3.05) is 18.9 Å². The highest BCUT2D eigenvalue weighted by Gasteiger charge is 2.23. The SMILES string of the molecule is COc1c(Br)cc(NS(=O)(=O)c2ccc(C)cc2)c(OC)c1F. The molecule has 0 aliphatic heterocycles. The summed E-state index contributed by atoms with van der Waals surface area (Å²) in [5, 5.41) is 0. The van der Waals surface area contributed by atoms with Crippen molar-refractivity contribution in [3.8, 4) is 11.5 Å². The summed E-state index contributed by atoms with van der Waals surface area (Å²) in [6, 6.07) is 7.68. The fourth-order valence-electron chi connectivity index (χ4n) is 1.97.